The fourth-order valence-electron chi connectivity index (χ4n) is 1.40. The van der Waals surface area contributed by atoms with Gasteiger partial charge in [-0.05, 0) is 24.5 Å². The molecule has 0 bridgehead atoms. The van der Waals surface area contributed by atoms with Crippen LogP contribution in [0.5, 0.6) is 0 Å². The zero-order valence-corrected chi connectivity index (χ0v) is 7.27. The van der Waals surface area contributed by atoms with E-state index < -0.39 is 0 Å². The SMILES string of the molecule is O=[C]C1(c2ccccc2Cl)CC1. The lowest BCUT2D eigenvalue weighted by Crippen LogP contribution is -2.07. The summed E-state index contributed by atoms with van der Waals surface area (Å²) >= 11 is 5.95. The lowest BCUT2D eigenvalue weighted by molar-refractivity contribution is 0.540. The third-order valence-corrected chi connectivity index (χ3v) is 2.66. The van der Waals surface area contributed by atoms with Crippen molar-refractivity contribution < 1.29 is 4.79 Å². The number of hydrogen-bond acceptors (Lipinski definition) is 1. The van der Waals surface area contributed by atoms with Gasteiger partial charge < -0.3 is 0 Å². The van der Waals surface area contributed by atoms with Gasteiger partial charge in [-0.2, -0.15) is 0 Å². The molecule has 1 aliphatic carbocycles. The standard InChI is InChI=1S/C10H8ClO/c11-9-4-2-1-3-8(9)10(7-12)5-6-10/h1-4H,5-6H2. The van der Waals surface area contributed by atoms with Crippen molar-refractivity contribution >= 4 is 17.9 Å². The van der Waals surface area contributed by atoms with Crippen LogP contribution in [0, 0.1) is 0 Å². The molecule has 0 aromatic heterocycles. The number of carbonyl (C=O) groups excluding carboxylic acids is 1. The Labute approximate surface area is 76.4 Å². The van der Waals surface area contributed by atoms with Crippen LogP contribution in [0.4, 0.5) is 0 Å². The first-order valence-corrected chi connectivity index (χ1v) is 4.31. The molecule has 0 saturated heterocycles. The zero-order valence-electron chi connectivity index (χ0n) is 6.51. The third-order valence-electron chi connectivity index (χ3n) is 2.33. The average Bonchev–Trinajstić information content (AvgIpc) is 2.86. The van der Waals surface area contributed by atoms with E-state index >= 15 is 0 Å². The average molecular weight is 180 g/mol. The Hall–Kier alpha value is -0.820. The fourth-order valence-corrected chi connectivity index (χ4v) is 1.72. The van der Waals surface area contributed by atoms with E-state index in [9.17, 15) is 4.79 Å². The molecule has 1 radical (unpaired) electrons. The molecule has 61 valence electrons. The molecule has 0 unspecified atom stereocenters. The van der Waals surface area contributed by atoms with Crippen molar-refractivity contribution in [2.24, 2.45) is 0 Å². The molecular weight excluding hydrogens is 172 g/mol. The minimum absolute atomic E-state index is 0.363. The topological polar surface area (TPSA) is 17.1 Å². The van der Waals surface area contributed by atoms with Gasteiger partial charge in [0.2, 0.25) is 6.29 Å². The molecule has 1 aromatic carbocycles. The van der Waals surface area contributed by atoms with E-state index in [4.69, 9.17) is 11.6 Å². The molecule has 1 nitrogen and oxygen atoms in total. The fraction of sp³-hybridized carbons (Fsp3) is 0.300. The predicted molar refractivity (Wildman–Crippen MR) is 48.1 cm³/mol. The van der Waals surface area contributed by atoms with E-state index in [0.717, 1.165) is 18.4 Å². The molecule has 2 rings (SSSR count). The Kier molecular flexibility index (Phi) is 1.69. The van der Waals surface area contributed by atoms with Crippen LogP contribution in [-0.4, -0.2) is 6.29 Å². The van der Waals surface area contributed by atoms with Crippen LogP contribution in [0.25, 0.3) is 0 Å². The molecule has 0 spiro atoms. The van der Waals surface area contributed by atoms with Crippen LogP contribution >= 0.6 is 11.6 Å². The van der Waals surface area contributed by atoms with Gasteiger partial charge in [0.15, 0.2) is 0 Å². The second-order valence-electron chi connectivity index (χ2n) is 3.16. The summed E-state index contributed by atoms with van der Waals surface area (Å²) < 4.78 is 0. The molecule has 1 saturated carbocycles. The summed E-state index contributed by atoms with van der Waals surface area (Å²) in [6.07, 6.45) is 3.85. The van der Waals surface area contributed by atoms with E-state index in [0.29, 0.717) is 5.02 Å². The molecule has 12 heavy (non-hydrogen) atoms. The van der Waals surface area contributed by atoms with Crippen molar-refractivity contribution in [2.75, 3.05) is 0 Å². The maximum absolute atomic E-state index is 10.7. The molecule has 2 heteroatoms. The monoisotopic (exact) mass is 179 g/mol. The first-order valence-electron chi connectivity index (χ1n) is 3.93. The minimum atomic E-state index is -0.363. The Morgan fingerprint density at radius 2 is 2.00 bits per heavy atom. The molecule has 0 atom stereocenters. The smallest absolute Gasteiger partial charge is 0.209 e. The summed E-state index contributed by atoms with van der Waals surface area (Å²) in [4.78, 5) is 10.7. The Morgan fingerprint density at radius 1 is 1.33 bits per heavy atom. The summed E-state index contributed by atoms with van der Waals surface area (Å²) in [6.45, 7) is 0. The first-order chi connectivity index (χ1) is 5.78. The lowest BCUT2D eigenvalue weighted by Gasteiger charge is -2.07. The first kappa shape index (κ1) is 7.81. The minimum Gasteiger partial charge on any atom is -0.290 e. The summed E-state index contributed by atoms with van der Waals surface area (Å²) in [5.74, 6) is 0. The van der Waals surface area contributed by atoms with Gasteiger partial charge in [0.05, 0.1) is 5.41 Å². The van der Waals surface area contributed by atoms with Crippen LogP contribution in [0.3, 0.4) is 0 Å². The summed E-state index contributed by atoms with van der Waals surface area (Å²) in [5, 5.41) is 0.679. The van der Waals surface area contributed by atoms with Crippen molar-refractivity contribution in [3.63, 3.8) is 0 Å². The number of halogens is 1. The largest absolute Gasteiger partial charge is 0.290 e. The second-order valence-corrected chi connectivity index (χ2v) is 3.57. The van der Waals surface area contributed by atoms with E-state index in [-0.39, 0.29) is 5.41 Å². The highest BCUT2D eigenvalue weighted by Gasteiger charge is 2.46. The number of benzene rings is 1. The van der Waals surface area contributed by atoms with Gasteiger partial charge in [0, 0.05) is 5.02 Å². The normalized spacial score (nSPS) is 18.8. The van der Waals surface area contributed by atoms with E-state index in [2.05, 4.69) is 6.29 Å². The van der Waals surface area contributed by atoms with E-state index in [1.807, 2.05) is 24.3 Å². The lowest BCUT2D eigenvalue weighted by atomic mass is 9.98. The summed E-state index contributed by atoms with van der Waals surface area (Å²) in [6, 6.07) is 7.49. The van der Waals surface area contributed by atoms with Gasteiger partial charge in [-0.1, -0.05) is 29.8 Å². The number of hydrogen-bond donors (Lipinski definition) is 0. The predicted octanol–water partition coefficient (Wildman–Crippen LogP) is 2.48. The van der Waals surface area contributed by atoms with Crippen molar-refractivity contribution in [1.29, 1.82) is 0 Å². The van der Waals surface area contributed by atoms with Gasteiger partial charge in [-0.25, -0.2) is 0 Å². The highest BCUT2D eigenvalue weighted by atomic mass is 35.5. The van der Waals surface area contributed by atoms with Crippen molar-refractivity contribution in [3.8, 4) is 0 Å². The molecule has 0 amide bonds. The van der Waals surface area contributed by atoms with Gasteiger partial charge >= 0.3 is 0 Å². The molecule has 1 aliphatic rings. The van der Waals surface area contributed by atoms with E-state index in [1.54, 1.807) is 0 Å². The van der Waals surface area contributed by atoms with Crippen LogP contribution in [0.15, 0.2) is 24.3 Å². The molecule has 1 aromatic rings. The quantitative estimate of drug-likeness (QED) is 0.682. The zero-order chi connectivity index (χ0) is 8.60. The van der Waals surface area contributed by atoms with Crippen molar-refractivity contribution in [2.45, 2.75) is 18.3 Å². The maximum Gasteiger partial charge on any atom is 0.209 e. The highest BCUT2D eigenvalue weighted by Crippen LogP contribution is 2.48. The van der Waals surface area contributed by atoms with Crippen LogP contribution in [0.2, 0.25) is 5.02 Å². The molecule has 0 aliphatic heterocycles. The van der Waals surface area contributed by atoms with E-state index in [1.165, 1.54) is 0 Å². The van der Waals surface area contributed by atoms with Crippen LogP contribution < -0.4 is 0 Å². The van der Waals surface area contributed by atoms with Crippen LogP contribution in [-0.2, 0) is 10.2 Å². The Bertz CT molecular complexity index is 315. The highest BCUT2D eigenvalue weighted by molar-refractivity contribution is 6.31. The number of rotatable bonds is 2. The molecule has 1 fully saturated rings. The van der Waals surface area contributed by atoms with Crippen molar-refractivity contribution in [3.05, 3.63) is 34.9 Å². The van der Waals surface area contributed by atoms with Gasteiger partial charge in [0.1, 0.15) is 0 Å². The Morgan fingerprint density at radius 3 is 2.50 bits per heavy atom. The molecular formula is C10H8ClO. The molecule has 0 N–H and O–H groups in total. The summed E-state index contributed by atoms with van der Waals surface area (Å²) in [7, 11) is 0. The Balaban J connectivity index is 2.46. The summed E-state index contributed by atoms with van der Waals surface area (Å²) in [5.41, 5.74) is 0.569. The van der Waals surface area contributed by atoms with Crippen molar-refractivity contribution in [1.82, 2.24) is 0 Å². The van der Waals surface area contributed by atoms with Gasteiger partial charge in [-0.15, -0.1) is 0 Å². The third kappa shape index (κ3) is 1.05. The maximum atomic E-state index is 10.7. The molecule has 0 heterocycles. The second kappa shape index (κ2) is 2.60. The van der Waals surface area contributed by atoms with Gasteiger partial charge in [-0.3, -0.25) is 4.79 Å². The van der Waals surface area contributed by atoms with Crippen LogP contribution in [0.1, 0.15) is 18.4 Å². The van der Waals surface area contributed by atoms with Gasteiger partial charge in [0.25, 0.3) is 0 Å².